The van der Waals surface area contributed by atoms with E-state index in [9.17, 15) is 9.18 Å². The fraction of sp³-hybridized carbons (Fsp3) is 0.158. The number of carbonyl (C=O) groups excluding carboxylic acids is 1. The molecule has 0 saturated carbocycles. The second kappa shape index (κ2) is 8.01. The summed E-state index contributed by atoms with van der Waals surface area (Å²) in [7, 11) is 1.65. The van der Waals surface area contributed by atoms with Gasteiger partial charge in [0.1, 0.15) is 12.3 Å². The van der Waals surface area contributed by atoms with Crippen LogP contribution in [0.2, 0.25) is 5.15 Å². The number of nitrogens with zero attached hydrogens (tertiary/aromatic N) is 3. The van der Waals surface area contributed by atoms with Gasteiger partial charge in [-0.05, 0) is 30.3 Å². The highest BCUT2D eigenvalue weighted by Gasteiger charge is 2.10. The molecule has 1 aromatic carbocycles. The molecule has 0 N–H and O–H groups in total. The Balaban J connectivity index is 1.59. The summed E-state index contributed by atoms with van der Waals surface area (Å²) in [6.45, 7) is 0.506. The Morgan fingerprint density at radius 2 is 2.08 bits per heavy atom. The Bertz CT molecular complexity index is 955. The minimum atomic E-state index is -0.427. The number of likely N-dealkylation sites (N-methyl/N-ethyl adjacent to an activating group) is 1. The molecule has 0 aliphatic rings. The van der Waals surface area contributed by atoms with Crippen LogP contribution in [-0.2, 0) is 4.79 Å². The van der Waals surface area contributed by atoms with Gasteiger partial charge in [-0.2, -0.15) is 0 Å². The largest absolute Gasteiger partial charge is 0.489 e. The first-order chi connectivity index (χ1) is 12.6. The number of rotatable bonds is 6. The number of hydrogen-bond acceptors (Lipinski definition) is 3. The number of imidazole rings is 1. The fourth-order valence-electron chi connectivity index (χ4n) is 2.38. The van der Waals surface area contributed by atoms with Gasteiger partial charge in [0.05, 0.1) is 12.2 Å². The number of benzene rings is 1. The standard InChI is InChI=1S/C19H17ClFN3O2/c1-23(12-13-26-16-7-3-2-6-14(16)21)18(25)10-9-15-19(20)22-17-8-4-5-11-24(15)17/h2-11H,12-13H2,1H3/b10-9-. The Morgan fingerprint density at radius 1 is 1.31 bits per heavy atom. The van der Waals surface area contributed by atoms with Crippen LogP contribution in [0.4, 0.5) is 4.39 Å². The molecule has 3 aromatic rings. The lowest BCUT2D eigenvalue weighted by Crippen LogP contribution is -2.29. The molecule has 0 fully saturated rings. The smallest absolute Gasteiger partial charge is 0.246 e. The number of pyridine rings is 1. The van der Waals surface area contributed by atoms with Crippen molar-refractivity contribution in [2.75, 3.05) is 20.2 Å². The minimum absolute atomic E-state index is 0.168. The average Bonchev–Trinajstić information content (AvgIpc) is 2.96. The summed E-state index contributed by atoms with van der Waals surface area (Å²) in [4.78, 5) is 17.9. The maximum absolute atomic E-state index is 13.5. The lowest BCUT2D eigenvalue weighted by atomic mass is 10.3. The molecule has 26 heavy (non-hydrogen) atoms. The number of fused-ring (bicyclic) bond motifs is 1. The van der Waals surface area contributed by atoms with Gasteiger partial charge in [0.2, 0.25) is 5.91 Å². The first-order valence-corrected chi connectivity index (χ1v) is 8.37. The predicted octanol–water partition coefficient (Wildman–Crippen LogP) is 3.68. The second-order valence-corrected chi connectivity index (χ2v) is 5.95. The molecule has 0 aliphatic carbocycles. The third-order valence-electron chi connectivity index (χ3n) is 3.80. The van der Waals surface area contributed by atoms with Crippen LogP contribution in [0, 0.1) is 5.82 Å². The van der Waals surface area contributed by atoms with Crippen LogP contribution in [0.15, 0.2) is 54.7 Å². The summed E-state index contributed by atoms with van der Waals surface area (Å²) in [5.74, 6) is -0.478. The highest BCUT2D eigenvalue weighted by atomic mass is 35.5. The minimum Gasteiger partial charge on any atom is -0.489 e. The van der Waals surface area contributed by atoms with Gasteiger partial charge < -0.3 is 9.64 Å². The summed E-state index contributed by atoms with van der Waals surface area (Å²) in [5.41, 5.74) is 1.34. The van der Waals surface area contributed by atoms with E-state index in [-0.39, 0.29) is 18.3 Å². The third kappa shape index (κ3) is 4.03. The summed E-state index contributed by atoms with van der Waals surface area (Å²) in [5, 5.41) is 0.325. The molecule has 0 aliphatic heterocycles. The zero-order chi connectivity index (χ0) is 18.5. The molecule has 2 aromatic heterocycles. The van der Waals surface area contributed by atoms with Gasteiger partial charge in [-0.3, -0.25) is 9.20 Å². The molecule has 5 nitrogen and oxygen atoms in total. The first kappa shape index (κ1) is 17.9. The van der Waals surface area contributed by atoms with Gasteiger partial charge in [0.25, 0.3) is 0 Å². The number of para-hydroxylation sites is 1. The lowest BCUT2D eigenvalue weighted by Gasteiger charge is -2.15. The molecule has 0 unspecified atom stereocenters. The van der Waals surface area contributed by atoms with Crippen molar-refractivity contribution >= 4 is 29.2 Å². The normalized spacial score (nSPS) is 11.2. The molecule has 7 heteroatoms. The summed E-state index contributed by atoms with van der Waals surface area (Å²) in [6.07, 6.45) is 4.87. The third-order valence-corrected chi connectivity index (χ3v) is 4.08. The predicted molar refractivity (Wildman–Crippen MR) is 98.8 cm³/mol. The summed E-state index contributed by atoms with van der Waals surface area (Å²) < 4.78 is 20.6. The summed E-state index contributed by atoms with van der Waals surface area (Å²) >= 11 is 6.13. The van der Waals surface area contributed by atoms with E-state index in [0.29, 0.717) is 23.0 Å². The van der Waals surface area contributed by atoms with Crippen molar-refractivity contribution in [3.05, 3.63) is 71.4 Å². The number of halogens is 2. The molecule has 0 bridgehead atoms. The summed E-state index contributed by atoms with van der Waals surface area (Å²) in [6, 6.07) is 11.7. The van der Waals surface area contributed by atoms with Crippen LogP contribution in [0.25, 0.3) is 11.7 Å². The Kier molecular flexibility index (Phi) is 5.53. The molecule has 0 atom stereocenters. The molecule has 0 saturated heterocycles. The Morgan fingerprint density at radius 3 is 2.88 bits per heavy atom. The van der Waals surface area contributed by atoms with Crippen LogP contribution in [0.1, 0.15) is 5.69 Å². The van der Waals surface area contributed by atoms with Crippen molar-refractivity contribution in [1.82, 2.24) is 14.3 Å². The van der Waals surface area contributed by atoms with Crippen molar-refractivity contribution < 1.29 is 13.9 Å². The van der Waals surface area contributed by atoms with Crippen molar-refractivity contribution in [3.63, 3.8) is 0 Å². The SMILES string of the molecule is CN(CCOc1ccccc1F)C(=O)/C=C\c1c(Cl)nc2ccccn12. The zero-order valence-corrected chi connectivity index (χ0v) is 14.9. The maximum Gasteiger partial charge on any atom is 0.246 e. The van der Waals surface area contributed by atoms with Gasteiger partial charge in [0.15, 0.2) is 16.7 Å². The molecular weight excluding hydrogens is 357 g/mol. The van der Waals surface area contributed by atoms with Crippen molar-refractivity contribution in [2.45, 2.75) is 0 Å². The van der Waals surface area contributed by atoms with E-state index in [0.717, 1.165) is 0 Å². The molecule has 2 heterocycles. The molecule has 0 spiro atoms. The number of hydrogen-bond donors (Lipinski definition) is 0. The van der Waals surface area contributed by atoms with Crippen LogP contribution in [0.3, 0.4) is 0 Å². The van der Waals surface area contributed by atoms with E-state index >= 15 is 0 Å². The second-order valence-electron chi connectivity index (χ2n) is 5.59. The molecule has 134 valence electrons. The number of ether oxygens (including phenoxy) is 1. The number of aromatic nitrogens is 2. The maximum atomic E-state index is 13.5. The lowest BCUT2D eigenvalue weighted by molar-refractivity contribution is -0.125. The Hall–Kier alpha value is -2.86. The molecule has 0 radical (unpaired) electrons. The van der Waals surface area contributed by atoms with Crippen molar-refractivity contribution in [1.29, 1.82) is 0 Å². The molecular formula is C19H17ClFN3O2. The van der Waals surface area contributed by atoms with Gasteiger partial charge in [-0.25, -0.2) is 9.37 Å². The van der Waals surface area contributed by atoms with E-state index in [1.54, 1.807) is 35.7 Å². The van der Waals surface area contributed by atoms with Gasteiger partial charge in [-0.15, -0.1) is 0 Å². The highest BCUT2D eigenvalue weighted by molar-refractivity contribution is 6.31. The van der Waals surface area contributed by atoms with Crippen LogP contribution in [0.5, 0.6) is 5.75 Å². The van der Waals surface area contributed by atoms with E-state index in [2.05, 4.69) is 4.98 Å². The van der Waals surface area contributed by atoms with E-state index in [1.165, 1.54) is 17.0 Å². The zero-order valence-electron chi connectivity index (χ0n) is 14.1. The van der Waals surface area contributed by atoms with Crippen molar-refractivity contribution in [3.8, 4) is 5.75 Å². The van der Waals surface area contributed by atoms with Crippen LogP contribution >= 0.6 is 11.6 Å². The first-order valence-electron chi connectivity index (χ1n) is 7.99. The van der Waals surface area contributed by atoms with Gasteiger partial charge >= 0.3 is 0 Å². The van der Waals surface area contributed by atoms with E-state index < -0.39 is 5.82 Å². The fourth-order valence-corrected chi connectivity index (χ4v) is 2.62. The Labute approximate surface area is 155 Å². The van der Waals surface area contributed by atoms with Crippen molar-refractivity contribution in [2.24, 2.45) is 0 Å². The van der Waals surface area contributed by atoms with Gasteiger partial charge in [0, 0.05) is 19.3 Å². The average molecular weight is 374 g/mol. The monoisotopic (exact) mass is 373 g/mol. The number of amides is 1. The molecule has 3 rings (SSSR count). The van der Waals surface area contributed by atoms with Crippen LogP contribution < -0.4 is 4.74 Å². The number of carbonyl (C=O) groups is 1. The van der Waals surface area contributed by atoms with E-state index in [4.69, 9.17) is 16.3 Å². The van der Waals surface area contributed by atoms with Crippen LogP contribution in [-0.4, -0.2) is 40.4 Å². The highest BCUT2D eigenvalue weighted by Crippen LogP contribution is 2.19. The topological polar surface area (TPSA) is 46.8 Å². The molecule has 1 amide bonds. The van der Waals surface area contributed by atoms with Gasteiger partial charge in [-0.1, -0.05) is 29.8 Å². The van der Waals surface area contributed by atoms with E-state index in [1.807, 2.05) is 24.4 Å². The quantitative estimate of drug-likeness (QED) is 0.619.